The predicted molar refractivity (Wildman–Crippen MR) is 80.8 cm³/mol. The van der Waals surface area contributed by atoms with Crippen LogP contribution in [0.2, 0.25) is 0 Å². The van der Waals surface area contributed by atoms with Gasteiger partial charge in [-0.2, -0.15) is 0 Å². The molecule has 1 heterocycles. The maximum absolute atomic E-state index is 13.8. The van der Waals surface area contributed by atoms with E-state index in [0.29, 0.717) is 5.56 Å². The number of aryl methyl sites for hydroxylation is 1. The molecule has 2 N–H and O–H groups in total. The second kappa shape index (κ2) is 4.66. The highest BCUT2D eigenvalue weighted by atomic mass is 79.9. The molecule has 0 atom stereocenters. The highest BCUT2D eigenvalue weighted by molar-refractivity contribution is 9.10. The Bertz CT molecular complexity index is 805. The number of fused-ring (bicyclic) bond motifs is 1. The zero-order valence-corrected chi connectivity index (χ0v) is 12.6. The minimum absolute atomic E-state index is 0.172. The molecule has 6 heteroatoms. The lowest BCUT2D eigenvalue weighted by molar-refractivity contribution is 0.0926. The molecule has 2 aromatic rings. The number of nitrogen functional groups attached to an aromatic ring is 1. The van der Waals surface area contributed by atoms with Gasteiger partial charge >= 0.3 is 0 Å². The predicted octanol–water partition coefficient (Wildman–Crippen LogP) is 3.28. The van der Waals surface area contributed by atoms with Crippen molar-refractivity contribution in [2.24, 2.45) is 0 Å². The van der Waals surface area contributed by atoms with Crippen molar-refractivity contribution in [3.8, 4) is 0 Å². The molecule has 0 aliphatic carbocycles. The Labute approximate surface area is 128 Å². The number of benzene rings is 2. The van der Waals surface area contributed by atoms with Crippen molar-refractivity contribution >= 4 is 39.1 Å². The second-order valence-electron chi connectivity index (χ2n) is 4.77. The van der Waals surface area contributed by atoms with Crippen LogP contribution in [0.4, 0.5) is 15.8 Å². The molecular formula is C15H10BrFN2O2. The topological polar surface area (TPSA) is 63.4 Å². The SMILES string of the molecule is Cc1cc(Br)c(F)cc1N1C(=O)c2cccc(N)c2C1=O. The number of nitrogens with zero attached hydrogens (tertiary/aromatic N) is 1. The van der Waals surface area contributed by atoms with Crippen molar-refractivity contribution in [1.29, 1.82) is 0 Å². The fourth-order valence-corrected chi connectivity index (χ4v) is 2.86. The van der Waals surface area contributed by atoms with Gasteiger partial charge in [0.2, 0.25) is 0 Å². The van der Waals surface area contributed by atoms with E-state index in [9.17, 15) is 14.0 Å². The number of carbonyl (C=O) groups excluding carboxylic acids is 2. The molecule has 0 saturated heterocycles. The van der Waals surface area contributed by atoms with Crippen molar-refractivity contribution in [2.45, 2.75) is 6.92 Å². The van der Waals surface area contributed by atoms with Crippen LogP contribution in [0, 0.1) is 12.7 Å². The molecule has 0 unspecified atom stereocenters. The summed E-state index contributed by atoms with van der Waals surface area (Å²) in [6, 6.07) is 7.39. The zero-order chi connectivity index (χ0) is 15.3. The molecule has 2 amide bonds. The maximum Gasteiger partial charge on any atom is 0.268 e. The van der Waals surface area contributed by atoms with Crippen LogP contribution in [0.25, 0.3) is 0 Å². The Morgan fingerprint density at radius 1 is 1.19 bits per heavy atom. The van der Waals surface area contributed by atoms with Crippen LogP contribution in [-0.2, 0) is 0 Å². The van der Waals surface area contributed by atoms with Gasteiger partial charge in [0.05, 0.1) is 21.3 Å². The van der Waals surface area contributed by atoms with Crippen molar-refractivity contribution in [3.05, 3.63) is 57.3 Å². The number of hydrogen-bond donors (Lipinski definition) is 1. The number of anilines is 2. The zero-order valence-electron chi connectivity index (χ0n) is 11.0. The fourth-order valence-electron chi connectivity index (χ4n) is 2.41. The van der Waals surface area contributed by atoms with E-state index < -0.39 is 17.6 Å². The first-order valence-corrected chi connectivity index (χ1v) is 6.94. The normalized spacial score (nSPS) is 13.8. The minimum atomic E-state index is -0.542. The van der Waals surface area contributed by atoms with Gasteiger partial charge in [0.1, 0.15) is 5.82 Å². The van der Waals surface area contributed by atoms with Crippen LogP contribution in [0.3, 0.4) is 0 Å². The average Bonchev–Trinajstić information content (AvgIpc) is 2.68. The summed E-state index contributed by atoms with van der Waals surface area (Å²) in [6.45, 7) is 1.70. The molecule has 0 spiro atoms. The number of rotatable bonds is 1. The van der Waals surface area contributed by atoms with Gasteiger partial charge < -0.3 is 5.73 Å². The highest BCUT2D eigenvalue weighted by Gasteiger charge is 2.38. The van der Waals surface area contributed by atoms with Crippen molar-refractivity contribution in [3.63, 3.8) is 0 Å². The maximum atomic E-state index is 13.8. The third kappa shape index (κ3) is 1.94. The van der Waals surface area contributed by atoms with Crippen LogP contribution in [0.1, 0.15) is 26.3 Å². The quantitative estimate of drug-likeness (QED) is 0.635. The monoisotopic (exact) mass is 348 g/mol. The number of halogens is 2. The molecule has 106 valence electrons. The van der Waals surface area contributed by atoms with Crippen LogP contribution < -0.4 is 10.6 Å². The highest BCUT2D eigenvalue weighted by Crippen LogP contribution is 2.35. The minimum Gasteiger partial charge on any atom is -0.398 e. The van der Waals surface area contributed by atoms with Crippen molar-refractivity contribution < 1.29 is 14.0 Å². The largest absolute Gasteiger partial charge is 0.398 e. The third-order valence-corrected chi connectivity index (χ3v) is 4.03. The van der Waals surface area contributed by atoms with E-state index in [-0.39, 0.29) is 27.0 Å². The van der Waals surface area contributed by atoms with E-state index >= 15 is 0 Å². The number of carbonyl (C=O) groups is 2. The molecule has 4 nitrogen and oxygen atoms in total. The lowest BCUT2D eigenvalue weighted by Gasteiger charge is -2.17. The van der Waals surface area contributed by atoms with E-state index in [1.807, 2.05) is 0 Å². The molecule has 3 rings (SSSR count). The summed E-state index contributed by atoms with van der Waals surface area (Å²) in [5.74, 6) is -1.56. The standard InChI is InChI=1S/C15H10BrFN2O2/c1-7-5-9(16)10(17)6-12(7)19-14(20)8-3-2-4-11(18)13(8)15(19)21/h2-6H,18H2,1H3. The lowest BCUT2D eigenvalue weighted by Crippen LogP contribution is -2.30. The fraction of sp³-hybridized carbons (Fsp3) is 0.0667. The van der Waals surface area contributed by atoms with Gasteiger partial charge in [-0.15, -0.1) is 0 Å². The molecule has 0 radical (unpaired) electrons. The Hall–Kier alpha value is -2.21. The molecule has 0 aromatic heterocycles. The first-order valence-electron chi connectivity index (χ1n) is 6.14. The lowest BCUT2D eigenvalue weighted by atomic mass is 10.1. The van der Waals surface area contributed by atoms with Crippen molar-refractivity contribution in [2.75, 3.05) is 10.6 Å². The summed E-state index contributed by atoms with van der Waals surface area (Å²) in [4.78, 5) is 25.9. The van der Waals surface area contributed by atoms with Gasteiger partial charge in [-0.05, 0) is 52.7 Å². The van der Waals surface area contributed by atoms with E-state index in [2.05, 4.69) is 15.9 Å². The molecule has 1 aliphatic rings. The third-order valence-electron chi connectivity index (χ3n) is 3.43. The van der Waals surface area contributed by atoms with Gasteiger partial charge in [-0.3, -0.25) is 9.59 Å². The number of amides is 2. The molecule has 1 aliphatic heterocycles. The number of hydrogen-bond acceptors (Lipinski definition) is 3. The molecular weight excluding hydrogens is 339 g/mol. The van der Waals surface area contributed by atoms with Crippen molar-refractivity contribution in [1.82, 2.24) is 0 Å². The molecule has 0 bridgehead atoms. The van der Waals surface area contributed by atoms with Gasteiger partial charge in [-0.25, -0.2) is 9.29 Å². The number of nitrogens with two attached hydrogens (primary N) is 1. The van der Waals surface area contributed by atoms with Crippen LogP contribution in [0.15, 0.2) is 34.8 Å². The van der Waals surface area contributed by atoms with E-state index in [1.54, 1.807) is 19.1 Å². The first kappa shape index (κ1) is 13.8. The summed E-state index contributed by atoms with van der Waals surface area (Å²) in [6.07, 6.45) is 0. The van der Waals surface area contributed by atoms with E-state index in [0.717, 1.165) is 11.0 Å². The molecule has 0 saturated carbocycles. The molecule has 21 heavy (non-hydrogen) atoms. The Balaban J connectivity index is 2.19. The Morgan fingerprint density at radius 2 is 1.90 bits per heavy atom. The van der Waals surface area contributed by atoms with Gasteiger partial charge in [-0.1, -0.05) is 6.07 Å². The summed E-state index contributed by atoms with van der Waals surface area (Å²) in [7, 11) is 0. The van der Waals surface area contributed by atoms with Crippen LogP contribution >= 0.6 is 15.9 Å². The summed E-state index contributed by atoms with van der Waals surface area (Å²) in [5.41, 5.74) is 7.26. The van der Waals surface area contributed by atoms with Gasteiger partial charge in [0.25, 0.3) is 11.8 Å². The second-order valence-corrected chi connectivity index (χ2v) is 5.62. The summed E-state index contributed by atoms with van der Waals surface area (Å²) in [5, 5.41) is 0. The van der Waals surface area contributed by atoms with Gasteiger partial charge in [0.15, 0.2) is 0 Å². The van der Waals surface area contributed by atoms with E-state index in [1.165, 1.54) is 12.1 Å². The Kier molecular flexibility index (Phi) is 3.06. The van der Waals surface area contributed by atoms with Gasteiger partial charge in [0, 0.05) is 5.69 Å². The van der Waals surface area contributed by atoms with Crippen LogP contribution in [-0.4, -0.2) is 11.8 Å². The van der Waals surface area contributed by atoms with E-state index in [4.69, 9.17) is 5.73 Å². The summed E-state index contributed by atoms with van der Waals surface area (Å²) >= 11 is 3.08. The van der Waals surface area contributed by atoms with Crippen LogP contribution in [0.5, 0.6) is 0 Å². The average molecular weight is 349 g/mol. The Morgan fingerprint density at radius 3 is 2.57 bits per heavy atom. The molecule has 2 aromatic carbocycles. The first-order chi connectivity index (χ1) is 9.91. The summed E-state index contributed by atoms with van der Waals surface area (Å²) < 4.78 is 14.0. The molecule has 0 fully saturated rings. The number of imide groups is 1. The smallest absolute Gasteiger partial charge is 0.268 e.